The number of carbonyl (C=O) groups is 1. The molecule has 0 bridgehead atoms. The summed E-state index contributed by atoms with van der Waals surface area (Å²) in [6, 6.07) is 15.7. The quantitative estimate of drug-likeness (QED) is 0.506. The van der Waals surface area contributed by atoms with Crippen LogP contribution in [0, 0.1) is 0 Å². The van der Waals surface area contributed by atoms with Crippen LogP contribution in [0.5, 0.6) is 17.2 Å². The summed E-state index contributed by atoms with van der Waals surface area (Å²) in [6.07, 6.45) is 0.702. The molecule has 3 aromatic rings. The van der Waals surface area contributed by atoms with Crippen LogP contribution in [0.15, 0.2) is 71.6 Å². The second-order valence-corrected chi connectivity index (χ2v) is 8.88. The average molecular weight is 490 g/mol. The van der Waals surface area contributed by atoms with Crippen molar-refractivity contribution < 1.29 is 36.2 Å². The normalized spacial score (nSPS) is 13.1. The summed E-state index contributed by atoms with van der Waals surface area (Å²) < 4.78 is 67.8. The van der Waals surface area contributed by atoms with E-state index in [1.54, 1.807) is 6.07 Å². The molecule has 1 amide bonds. The van der Waals surface area contributed by atoms with Gasteiger partial charge < -0.3 is 19.5 Å². The van der Waals surface area contributed by atoms with Gasteiger partial charge in [0.1, 0.15) is 5.75 Å². The van der Waals surface area contributed by atoms with Crippen molar-refractivity contribution in [2.45, 2.75) is 17.9 Å². The molecule has 3 aromatic carbocycles. The maximum Gasteiger partial charge on any atom is 0.387 e. The first-order valence-corrected chi connectivity index (χ1v) is 11.7. The van der Waals surface area contributed by atoms with Crippen LogP contribution in [0.25, 0.3) is 0 Å². The Morgan fingerprint density at radius 1 is 0.882 bits per heavy atom. The van der Waals surface area contributed by atoms with Gasteiger partial charge >= 0.3 is 6.61 Å². The fourth-order valence-electron chi connectivity index (χ4n) is 3.14. The molecule has 1 aliphatic rings. The Balaban J connectivity index is 1.41. The molecule has 8 nitrogen and oxygen atoms in total. The van der Waals surface area contributed by atoms with Crippen LogP contribution in [0.3, 0.4) is 0 Å². The molecule has 1 heterocycles. The summed E-state index contributed by atoms with van der Waals surface area (Å²) in [6.45, 7) is -2.01. The molecule has 0 fully saturated rings. The molecular formula is C23H20F2N2O6S. The first-order chi connectivity index (χ1) is 16.3. The van der Waals surface area contributed by atoms with Gasteiger partial charge in [0.15, 0.2) is 11.5 Å². The highest BCUT2D eigenvalue weighted by Gasteiger charge is 2.19. The molecule has 0 aromatic heterocycles. The highest BCUT2D eigenvalue weighted by Crippen LogP contribution is 2.32. The van der Waals surface area contributed by atoms with Gasteiger partial charge in [0.2, 0.25) is 0 Å². The lowest BCUT2D eigenvalue weighted by Crippen LogP contribution is -2.14. The summed E-state index contributed by atoms with van der Waals surface area (Å²) in [4.78, 5) is 12.4. The minimum atomic E-state index is -3.90. The third-order valence-electron chi connectivity index (χ3n) is 4.77. The highest BCUT2D eigenvalue weighted by molar-refractivity contribution is 7.92. The predicted molar refractivity (Wildman–Crippen MR) is 120 cm³/mol. The Labute approximate surface area is 194 Å². The minimum absolute atomic E-state index is 0.0119. The van der Waals surface area contributed by atoms with Crippen LogP contribution >= 0.6 is 0 Å². The molecule has 0 unspecified atom stereocenters. The second-order valence-electron chi connectivity index (χ2n) is 7.20. The van der Waals surface area contributed by atoms with E-state index in [4.69, 9.17) is 9.47 Å². The largest absolute Gasteiger partial charge is 0.490 e. The Bertz CT molecular complexity index is 1270. The van der Waals surface area contributed by atoms with Crippen molar-refractivity contribution in [2.24, 2.45) is 0 Å². The number of fused-ring (bicyclic) bond motifs is 1. The summed E-state index contributed by atoms with van der Waals surface area (Å²) >= 11 is 0. The topological polar surface area (TPSA) is 103 Å². The number of nitrogens with one attached hydrogen (secondary N) is 2. The standard InChI is InChI=1S/C23H20F2N2O6S/c24-23(25)33-18-8-6-16(7-9-18)26-22(28)15-2-4-17(5-3-15)27-34(29,30)19-10-11-20-21(14-19)32-13-1-12-31-20/h2-11,14,23,27H,1,12-13H2,(H,26,28). The van der Waals surface area contributed by atoms with Gasteiger partial charge in [0.25, 0.3) is 15.9 Å². The van der Waals surface area contributed by atoms with Gasteiger partial charge in [0.05, 0.1) is 18.1 Å². The third-order valence-corrected chi connectivity index (χ3v) is 6.14. The smallest absolute Gasteiger partial charge is 0.387 e. The van der Waals surface area contributed by atoms with Gasteiger partial charge in [-0.3, -0.25) is 9.52 Å². The summed E-state index contributed by atoms with van der Waals surface area (Å²) in [5, 5.41) is 2.62. The van der Waals surface area contributed by atoms with E-state index in [1.807, 2.05) is 0 Å². The number of hydrogen-bond acceptors (Lipinski definition) is 6. The van der Waals surface area contributed by atoms with E-state index in [1.165, 1.54) is 60.7 Å². The van der Waals surface area contributed by atoms with E-state index < -0.39 is 22.5 Å². The average Bonchev–Trinajstić information content (AvgIpc) is 3.05. The van der Waals surface area contributed by atoms with Crippen LogP contribution in [0.2, 0.25) is 0 Å². The molecule has 0 saturated heterocycles. The third kappa shape index (κ3) is 5.73. The first-order valence-electron chi connectivity index (χ1n) is 10.2. The number of ether oxygens (including phenoxy) is 3. The molecule has 0 saturated carbocycles. The summed E-state index contributed by atoms with van der Waals surface area (Å²) in [5.74, 6) is 0.363. The molecule has 0 atom stereocenters. The Morgan fingerprint density at radius 3 is 2.21 bits per heavy atom. The molecule has 4 rings (SSSR count). The van der Waals surface area contributed by atoms with Crippen molar-refractivity contribution in [3.8, 4) is 17.2 Å². The van der Waals surface area contributed by atoms with E-state index in [0.717, 1.165) is 0 Å². The van der Waals surface area contributed by atoms with Gasteiger partial charge in [0, 0.05) is 29.4 Å². The lowest BCUT2D eigenvalue weighted by molar-refractivity contribution is -0.0498. The second kappa shape index (κ2) is 9.96. The monoisotopic (exact) mass is 490 g/mol. The van der Waals surface area contributed by atoms with Crippen LogP contribution in [-0.4, -0.2) is 34.2 Å². The van der Waals surface area contributed by atoms with Crippen molar-refractivity contribution in [2.75, 3.05) is 23.3 Å². The van der Waals surface area contributed by atoms with Crippen molar-refractivity contribution in [1.29, 1.82) is 0 Å². The van der Waals surface area contributed by atoms with Crippen LogP contribution in [-0.2, 0) is 10.0 Å². The summed E-state index contributed by atoms with van der Waals surface area (Å²) in [7, 11) is -3.90. The number of anilines is 2. The van der Waals surface area contributed by atoms with E-state index in [0.29, 0.717) is 36.8 Å². The van der Waals surface area contributed by atoms with E-state index in [2.05, 4.69) is 14.8 Å². The first kappa shape index (κ1) is 23.3. The van der Waals surface area contributed by atoms with Crippen LogP contribution in [0.4, 0.5) is 20.2 Å². The molecule has 1 aliphatic heterocycles. The SMILES string of the molecule is O=C(Nc1ccc(OC(F)F)cc1)c1ccc(NS(=O)(=O)c2ccc3c(c2)OCCCO3)cc1. The van der Waals surface area contributed by atoms with Crippen molar-refractivity contribution in [3.63, 3.8) is 0 Å². The molecule has 0 radical (unpaired) electrons. The van der Waals surface area contributed by atoms with Crippen molar-refractivity contribution in [3.05, 3.63) is 72.3 Å². The zero-order valence-corrected chi connectivity index (χ0v) is 18.5. The molecular weight excluding hydrogens is 470 g/mol. The number of alkyl halides is 2. The van der Waals surface area contributed by atoms with Gasteiger partial charge in [-0.1, -0.05) is 0 Å². The fraction of sp³-hybridized carbons (Fsp3) is 0.174. The number of sulfonamides is 1. The molecule has 0 aliphatic carbocycles. The zero-order chi connectivity index (χ0) is 24.1. The molecule has 11 heteroatoms. The number of rotatable bonds is 7. The predicted octanol–water partition coefficient (Wildman–Crippen LogP) is 4.50. The van der Waals surface area contributed by atoms with Gasteiger partial charge in [-0.15, -0.1) is 0 Å². The van der Waals surface area contributed by atoms with E-state index in [9.17, 15) is 22.0 Å². The Morgan fingerprint density at radius 2 is 1.53 bits per heavy atom. The number of carbonyl (C=O) groups excluding carboxylic acids is 1. The number of amides is 1. The lowest BCUT2D eigenvalue weighted by atomic mass is 10.2. The lowest BCUT2D eigenvalue weighted by Gasteiger charge is -2.12. The summed E-state index contributed by atoms with van der Waals surface area (Å²) in [5.41, 5.74) is 0.911. The Kier molecular flexibility index (Phi) is 6.82. The van der Waals surface area contributed by atoms with Gasteiger partial charge in [-0.25, -0.2) is 8.42 Å². The van der Waals surface area contributed by atoms with Crippen LogP contribution < -0.4 is 24.2 Å². The zero-order valence-electron chi connectivity index (χ0n) is 17.7. The molecule has 178 valence electrons. The number of halogens is 2. The fourth-order valence-corrected chi connectivity index (χ4v) is 4.21. The van der Waals surface area contributed by atoms with Crippen molar-refractivity contribution >= 4 is 27.3 Å². The van der Waals surface area contributed by atoms with Crippen molar-refractivity contribution in [1.82, 2.24) is 0 Å². The van der Waals surface area contributed by atoms with Crippen LogP contribution in [0.1, 0.15) is 16.8 Å². The number of hydrogen-bond donors (Lipinski definition) is 2. The van der Waals surface area contributed by atoms with Gasteiger partial charge in [-0.05, 0) is 60.7 Å². The maximum absolute atomic E-state index is 12.8. The van der Waals surface area contributed by atoms with E-state index in [-0.39, 0.29) is 21.9 Å². The van der Waals surface area contributed by atoms with Gasteiger partial charge in [-0.2, -0.15) is 8.78 Å². The maximum atomic E-state index is 12.8. The number of benzene rings is 3. The van der Waals surface area contributed by atoms with E-state index >= 15 is 0 Å². The Hall–Kier alpha value is -3.86. The minimum Gasteiger partial charge on any atom is -0.490 e. The molecule has 34 heavy (non-hydrogen) atoms. The molecule has 0 spiro atoms. The molecule has 2 N–H and O–H groups in total. The highest BCUT2D eigenvalue weighted by atomic mass is 32.2.